The van der Waals surface area contributed by atoms with Gasteiger partial charge in [-0.15, -0.1) is 0 Å². The second-order valence-electron chi connectivity index (χ2n) is 5.72. The van der Waals surface area contributed by atoms with E-state index in [4.69, 9.17) is 4.74 Å². The van der Waals surface area contributed by atoms with Crippen LogP contribution < -0.4 is 0 Å². The van der Waals surface area contributed by atoms with Crippen molar-refractivity contribution in [2.24, 2.45) is 0 Å². The van der Waals surface area contributed by atoms with Gasteiger partial charge in [0.2, 0.25) is 0 Å². The lowest BCUT2D eigenvalue weighted by atomic mass is 10.0. The van der Waals surface area contributed by atoms with E-state index in [0.29, 0.717) is 12.2 Å². The molecule has 114 valence electrons. The molecule has 0 aliphatic rings. The minimum absolute atomic E-state index is 0.268. The maximum absolute atomic E-state index is 12.1. The molecular formula is C20H17NO2. The highest BCUT2D eigenvalue weighted by Gasteiger charge is 2.15. The summed E-state index contributed by atoms with van der Waals surface area (Å²) in [6, 6.07) is 16.5. The van der Waals surface area contributed by atoms with Crippen molar-refractivity contribution < 1.29 is 9.53 Å². The third-order valence-electron chi connectivity index (χ3n) is 4.43. The van der Waals surface area contributed by atoms with Crippen LogP contribution in [0.2, 0.25) is 0 Å². The van der Waals surface area contributed by atoms with Crippen molar-refractivity contribution in [1.82, 2.24) is 4.98 Å². The summed E-state index contributed by atoms with van der Waals surface area (Å²) in [5.41, 5.74) is 3.67. The SMILES string of the molecule is CCOC(=O)c1ccc2c([nH]c3c4ccccc4ccc23)c1C. The third kappa shape index (κ3) is 2.00. The summed E-state index contributed by atoms with van der Waals surface area (Å²) >= 11 is 0. The highest BCUT2D eigenvalue weighted by Crippen LogP contribution is 2.33. The number of H-pyrrole nitrogens is 1. The maximum atomic E-state index is 12.1. The number of aromatic amines is 1. The van der Waals surface area contributed by atoms with E-state index in [-0.39, 0.29) is 5.97 Å². The minimum Gasteiger partial charge on any atom is -0.462 e. The zero-order chi connectivity index (χ0) is 16.0. The van der Waals surface area contributed by atoms with Crippen LogP contribution in [0, 0.1) is 6.92 Å². The smallest absolute Gasteiger partial charge is 0.338 e. The predicted molar refractivity (Wildman–Crippen MR) is 94.0 cm³/mol. The summed E-state index contributed by atoms with van der Waals surface area (Å²) in [5, 5.41) is 4.71. The summed E-state index contributed by atoms with van der Waals surface area (Å²) < 4.78 is 5.15. The van der Waals surface area contributed by atoms with Crippen molar-refractivity contribution in [2.45, 2.75) is 13.8 Å². The van der Waals surface area contributed by atoms with Gasteiger partial charge in [-0.2, -0.15) is 0 Å². The van der Waals surface area contributed by atoms with E-state index < -0.39 is 0 Å². The van der Waals surface area contributed by atoms with Crippen molar-refractivity contribution in [2.75, 3.05) is 6.61 Å². The standard InChI is InChI=1S/C20H17NO2/c1-3-23-20(22)14-10-11-16-17-9-8-13-6-4-5-7-15(13)19(17)21-18(16)12(14)2/h4-11,21H,3H2,1-2H3. The predicted octanol–water partition coefficient (Wildman–Crippen LogP) is 4.96. The lowest BCUT2D eigenvalue weighted by Crippen LogP contribution is -2.06. The van der Waals surface area contributed by atoms with Crippen LogP contribution in [0.5, 0.6) is 0 Å². The molecule has 0 saturated heterocycles. The van der Waals surface area contributed by atoms with Gasteiger partial charge in [-0.1, -0.05) is 42.5 Å². The maximum Gasteiger partial charge on any atom is 0.338 e. The molecule has 3 nitrogen and oxygen atoms in total. The fraction of sp³-hybridized carbons (Fsp3) is 0.150. The Labute approximate surface area is 133 Å². The van der Waals surface area contributed by atoms with E-state index in [2.05, 4.69) is 29.2 Å². The lowest BCUT2D eigenvalue weighted by molar-refractivity contribution is 0.0525. The van der Waals surface area contributed by atoms with Gasteiger partial charge >= 0.3 is 5.97 Å². The molecule has 1 heterocycles. The van der Waals surface area contributed by atoms with Crippen LogP contribution in [-0.2, 0) is 4.74 Å². The van der Waals surface area contributed by atoms with E-state index in [1.54, 1.807) is 0 Å². The number of carbonyl (C=O) groups excluding carboxylic acids is 1. The van der Waals surface area contributed by atoms with Crippen LogP contribution in [-0.4, -0.2) is 17.6 Å². The number of aryl methyl sites for hydroxylation is 1. The Morgan fingerprint density at radius 3 is 2.52 bits per heavy atom. The molecule has 4 aromatic rings. The molecule has 3 aromatic carbocycles. The van der Waals surface area contributed by atoms with Crippen LogP contribution in [0.3, 0.4) is 0 Å². The molecule has 0 aliphatic carbocycles. The number of fused-ring (bicyclic) bond motifs is 5. The number of hydrogen-bond donors (Lipinski definition) is 1. The average molecular weight is 303 g/mol. The molecule has 0 bridgehead atoms. The number of aromatic nitrogens is 1. The van der Waals surface area contributed by atoms with Crippen molar-refractivity contribution in [3.63, 3.8) is 0 Å². The van der Waals surface area contributed by atoms with Crippen LogP contribution in [0.4, 0.5) is 0 Å². The Morgan fingerprint density at radius 1 is 0.957 bits per heavy atom. The summed E-state index contributed by atoms with van der Waals surface area (Å²) in [4.78, 5) is 15.6. The van der Waals surface area contributed by atoms with E-state index >= 15 is 0 Å². The number of carbonyl (C=O) groups is 1. The highest BCUT2D eigenvalue weighted by molar-refractivity contribution is 6.18. The van der Waals surface area contributed by atoms with Gasteiger partial charge in [-0.3, -0.25) is 0 Å². The van der Waals surface area contributed by atoms with Crippen molar-refractivity contribution in [3.05, 3.63) is 59.7 Å². The van der Waals surface area contributed by atoms with Gasteiger partial charge in [0.15, 0.2) is 0 Å². The molecule has 0 saturated carbocycles. The summed E-state index contributed by atoms with van der Waals surface area (Å²) in [7, 11) is 0. The van der Waals surface area contributed by atoms with Crippen molar-refractivity contribution >= 4 is 38.5 Å². The van der Waals surface area contributed by atoms with Gasteiger partial charge in [0.05, 0.1) is 23.2 Å². The summed E-state index contributed by atoms with van der Waals surface area (Å²) in [6.45, 7) is 4.17. The Hall–Kier alpha value is -2.81. The molecule has 0 aliphatic heterocycles. The fourth-order valence-electron chi connectivity index (χ4n) is 3.28. The molecule has 0 atom stereocenters. The fourth-order valence-corrected chi connectivity index (χ4v) is 3.28. The molecule has 4 rings (SSSR count). The quantitative estimate of drug-likeness (QED) is 0.532. The second kappa shape index (κ2) is 5.13. The number of benzene rings is 3. The number of hydrogen-bond acceptors (Lipinski definition) is 2. The number of esters is 1. The van der Waals surface area contributed by atoms with Gasteiger partial charge in [-0.05, 0) is 30.9 Å². The van der Waals surface area contributed by atoms with Gasteiger partial charge in [0, 0.05) is 16.2 Å². The normalized spacial score (nSPS) is 11.4. The van der Waals surface area contributed by atoms with E-state index in [0.717, 1.165) is 22.0 Å². The zero-order valence-corrected chi connectivity index (χ0v) is 13.1. The van der Waals surface area contributed by atoms with Crippen LogP contribution in [0.25, 0.3) is 32.6 Å². The number of ether oxygens (including phenoxy) is 1. The van der Waals surface area contributed by atoms with Crippen LogP contribution in [0.15, 0.2) is 48.5 Å². The first-order valence-corrected chi connectivity index (χ1v) is 7.80. The third-order valence-corrected chi connectivity index (χ3v) is 4.43. The Morgan fingerprint density at radius 2 is 1.70 bits per heavy atom. The van der Waals surface area contributed by atoms with Gasteiger partial charge < -0.3 is 9.72 Å². The molecule has 0 unspecified atom stereocenters. The number of rotatable bonds is 2. The molecule has 3 heteroatoms. The molecule has 0 radical (unpaired) electrons. The van der Waals surface area contributed by atoms with Gasteiger partial charge in [0.25, 0.3) is 0 Å². The van der Waals surface area contributed by atoms with Crippen molar-refractivity contribution in [3.8, 4) is 0 Å². The van der Waals surface area contributed by atoms with Crippen LogP contribution >= 0.6 is 0 Å². The van der Waals surface area contributed by atoms with Gasteiger partial charge in [0.1, 0.15) is 0 Å². The monoisotopic (exact) mass is 303 g/mol. The Balaban J connectivity index is 2.06. The topological polar surface area (TPSA) is 42.1 Å². The molecule has 1 N–H and O–H groups in total. The summed E-state index contributed by atoms with van der Waals surface area (Å²) in [6.07, 6.45) is 0. The van der Waals surface area contributed by atoms with E-state index in [9.17, 15) is 4.79 Å². The largest absolute Gasteiger partial charge is 0.462 e. The first-order chi connectivity index (χ1) is 11.2. The van der Waals surface area contributed by atoms with E-state index in [1.165, 1.54) is 16.2 Å². The lowest BCUT2D eigenvalue weighted by Gasteiger charge is -2.06. The molecule has 0 spiro atoms. The summed E-state index contributed by atoms with van der Waals surface area (Å²) in [5.74, 6) is -0.268. The molecule has 23 heavy (non-hydrogen) atoms. The van der Waals surface area contributed by atoms with E-state index in [1.807, 2.05) is 38.1 Å². The first kappa shape index (κ1) is 13.8. The Kier molecular flexibility index (Phi) is 3.08. The minimum atomic E-state index is -0.268. The van der Waals surface area contributed by atoms with Crippen molar-refractivity contribution in [1.29, 1.82) is 0 Å². The highest BCUT2D eigenvalue weighted by atomic mass is 16.5. The molecule has 0 amide bonds. The molecular weight excluding hydrogens is 286 g/mol. The molecule has 1 aromatic heterocycles. The zero-order valence-electron chi connectivity index (χ0n) is 13.1. The van der Waals surface area contributed by atoms with Crippen LogP contribution in [0.1, 0.15) is 22.8 Å². The van der Waals surface area contributed by atoms with Gasteiger partial charge in [-0.25, -0.2) is 4.79 Å². The second-order valence-corrected chi connectivity index (χ2v) is 5.72. The Bertz CT molecular complexity index is 1060. The number of nitrogens with one attached hydrogen (secondary N) is 1. The first-order valence-electron chi connectivity index (χ1n) is 7.80. The average Bonchev–Trinajstić information content (AvgIpc) is 2.95. The molecule has 0 fully saturated rings.